The first kappa shape index (κ1) is 15.0. The third-order valence-electron chi connectivity index (χ3n) is 3.23. The van der Waals surface area contributed by atoms with Crippen LogP contribution in [0.5, 0.6) is 0 Å². The molecule has 0 saturated carbocycles. The number of aliphatic carboxylic acids is 1. The van der Waals surface area contributed by atoms with Crippen LogP contribution in [0.1, 0.15) is 45.4 Å². The van der Waals surface area contributed by atoms with Gasteiger partial charge in [-0.1, -0.05) is 19.8 Å². The van der Waals surface area contributed by atoms with E-state index in [-0.39, 0.29) is 12.5 Å². The minimum absolute atomic E-state index is 0.00743. The normalized spacial score (nSPS) is 19.8. The number of unbranched alkanes of at least 4 members (excludes halogenated alkanes) is 2. The fourth-order valence-electron chi connectivity index (χ4n) is 2.18. The van der Waals surface area contributed by atoms with Crippen molar-refractivity contribution in [3.8, 4) is 0 Å². The summed E-state index contributed by atoms with van der Waals surface area (Å²) in [7, 11) is 0. The molecule has 0 bridgehead atoms. The number of carbonyl (C=O) groups is 2. The molecule has 104 valence electrons. The molecular formula is C13H23NO4. The maximum absolute atomic E-state index is 11.9. The van der Waals surface area contributed by atoms with Gasteiger partial charge < -0.3 is 14.7 Å². The van der Waals surface area contributed by atoms with E-state index in [1.54, 1.807) is 0 Å². The largest absolute Gasteiger partial charge is 0.480 e. The average Bonchev–Trinajstić information content (AvgIpc) is 2.38. The SMILES string of the molecule is CCCCCOCC(=O)N1CCCC[C@@H]1C(=O)O. The number of hydrogen-bond donors (Lipinski definition) is 1. The van der Waals surface area contributed by atoms with E-state index < -0.39 is 12.0 Å². The summed E-state index contributed by atoms with van der Waals surface area (Å²) in [4.78, 5) is 24.4. The first-order valence-corrected chi connectivity index (χ1v) is 6.76. The van der Waals surface area contributed by atoms with Gasteiger partial charge in [0.1, 0.15) is 12.6 Å². The Kier molecular flexibility index (Phi) is 6.72. The number of nitrogens with zero attached hydrogens (tertiary/aromatic N) is 1. The van der Waals surface area contributed by atoms with Crippen molar-refractivity contribution < 1.29 is 19.4 Å². The molecule has 1 rings (SSSR count). The molecule has 1 aliphatic heterocycles. The Morgan fingerprint density at radius 1 is 1.33 bits per heavy atom. The molecule has 1 atom stereocenters. The predicted molar refractivity (Wildman–Crippen MR) is 67.3 cm³/mol. The third-order valence-corrected chi connectivity index (χ3v) is 3.23. The lowest BCUT2D eigenvalue weighted by Gasteiger charge is -2.32. The lowest BCUT2D eigenvalue weighted by molar-refractivity contribution is -0.154. The molecule has 1 aliphatic rings. The highest BCUT2D eigenvalue weighted by Gasteiger charge is 2.31. The van der Waals surface area contributed by atoms with Gasteiger partial charge >= 0.3 is 5.97 Å². The zero-order valence-electron chi connectivity index (χ0n) is 11.1. The fraction of sp³-hybridized carbons (Fsp3) is 0.846. The van der Waals surface area contributed by atoms with E-state index in [1.807, 2.05) is 0 Å². The quantitative estimate of drug-likeness (QED) is 0.704. The Morgan fingerprint density at radius 3 is 2.78 bits per heavy atom. The molecule has 1 saturated heterocycles. The van der Waals surface area contributed by atoms with Crippen LogP contribution < -0.4 is 0 Å². The summed E-state index contributed by atoms with van der Waals surface area (Å²) in [6, 6.07) is -0.662. The van der Waals surface area contributed by atoms with Crippen LogP contribution in [0.2, 0.25) is 0 Å². The highest BCUT2D eigenvalue weighted by molar-refractivity contribution is 5.84. The molecule has 5 heteroatoms. The number of likely N-dealkylation sites (tertiary alicyclic amines) is 1. The number of piperidine rings is 1. The Hall–Kier alpha value is -1.10. The van der Waals surface area contributed by atoms with Crippen molar-refractivity contribution >= 4 is 11.9 Å². The summed E-state index contributed by atoms with van der Waals surface area (Å²) in [5.74, 6) is -1.10. The van der Waals surface area contributed by atoms with Crippen molar-refractivity contribution in [2.75, 3.05) is 19.8 Å². The maximum atomic E-state index is 11.9. The second kappa shape index (κ2) is 8.08. The lowest BCUT2D eigenvalue weighted by Crippen LogP contribution is -2.49. The third kappa shape index (κ3) is 4.64. The molecule has 0 unspecified atom stereocenters. The summed E-state index contributed by atoms with van der Waals surface area (Å²) in [5, 5.41) is 9.06. The van der Waals surface area contributed by atoms with Crippen molar-refractivity contribution in [3.63, 3.8) is 0 Å². The zero-order chi connectivity index (χ0) is 13.4. The highest BCUT2D eigenvalue weighted by Crippen LogP contribution is 2.17. The standard InChI is InChI=1S/C13H23NO4/c1-2-3-6-9-18-10-12(15)14-8-5-4-7-11(14)13(16)17/h11H,2-10H2,1H3,(H,16,17)/t11-/m1/s1. The van der Waals surface area contributed by atoms with Crippen LogP contribution in [0.15, 0.2) is 0 Å². The van der Waals surface area contributed by atoms with E-state index in [0.29, 0.717) is 19.6 Å². The number of ether oxygens (including phenoxy) is 1. The van der Waals surface area contributed by atoms with Crippen LogP contribution in [0.3, 0.4) is 0 Å². The summed E-state index contributed by atoms with van der Waals surface area (Å²) < 4.78 is 5.29. The van der Waals surface area contributed by atoms with Crippen molar-refractivity contribution in [2.45, 2.75) is 51.5 Å². The van der Waals surface area contributed by atoms with E-state index in [0.717, 1.165) is 32.1 Å². The Morgan fingerprint density at radius 2 is 2.11 bits per heavy atom. The van der Waals surface area contributed by atoms with E-state index in [9.17, 15) is 9.59 Å². The summed E-state index contributed by atoms with van der Waals surface area (Å²) in [6.07, 6.45) is 5.46. The van der Waals surface area contributed by atoms with Crippen LogP contribution in [0, 0.1) is 0 Å². The molecule has 5 nitrogen and oxygen atoms in total. The van der Waals surface area contributed by atoms with Crippen LogP contribution in [-0.2, 0) is 14.3 Å². The van der Waals surface area contributed by atoms with Crippen LogP contribution in [0.25, 0.3) is 0 Å². The number of amides is 1. The van der Waals surface area contributed by atoms with Crippen LogP contribution >= 0.6 is 0 Å². The number of carboxylic acids is 1. The highest BCUT2D eigenvalue weighted by atomic mass is 16.5. The van der Waals surface area contributed by atoms with Crippen molar-refractivity contribution in [2.24, 2.45) is 0 Å². The van der Waals surface area contributed by atoms with Gasteiger partial charge in [-0.05, 0) is 25.7 Å². The predicted octanol–water partition coefficient (Wildman–Crippen LogP) is 1.66. The van der Waals surface area contributed by atoms with E-state index in [2.05, 4.69) is 6.92 Å². The summed E-state index contributed by atoms with van der Waals surface area (Å²) in [5.41, 5.74) is 0. The maximum Gasteiger partial charge on any atom is 0.326 e. The average molecular weight is 257 g/mol. The smallest absolute Gasteiger partial charge is 0.326 e. The molecule has 0 spiro atoms. The van der Waals surface area contributed by atoms with Gasteiger partial charge in [-0.3, -0.25) is 4.79 Å². The topological polar surface area (TPSA) is 66.8 Å². The monoisotopic (exact) mass is 257 g/mol. The first-order chi connectivity index (χ1) is 8.66. The van der Waals surface area contributed by atoms with Crippen molar-refractivity contribution in [1.29, 1.82) is 0 Å². The number of rotatable bonds is 7. The van der Waals surface area contributed by atoms with Gasteiger partial charge in [-0.25, -0.2) is 4.79 Å². The van der Waals surface area contributed by atoms with Gasteiger partial charge in [-0.15, -0.1) is 0 Å². The zero-order valence-corrected chi connectivity index (χ0v) is 11.1. The van der Waals surface area contributed by atoms with Crippen LogP contribution in [-0.4, -0.2) is 47.7 Å². The molecule has 0 aromatic carbocycles. The molecule has 0 radical (unpaired) electrons. The van der Waals surface area contributed by atoms with Crippen molar-refractivity contribution in [1.82, 2.24) is 4.90 Å². The Bertz CT molecular complexity index is 280. The lowest BCUT2D eigenvalue weighted by atomic mass is 10.0. The van der Waals surface area contributed by atoms with Gasteiger partial charge in [-0.2, -0.15) is 0 Å². The van der Waals surface area contributed by atoms with E-state index >= 15 is 0 Å². The van der Waals surface area contributed by atoms with Gasteiger partial charge in [0, 0.05) is 13.2 Å². The second-order valence-electron chi connectivity index (χ2n) is 4.70. The molecule has 18 heavy (non-hydrogen) atoms. The van der Waals surface area contributed by atoms with Gasteiger partial charge in [0.25, 0.3) is 0 Å². The first-order valence-electron chi connectivity index (χ1n) is 6.76. The number of carboxylic acid groups (broad SMARTS) is 1. The molecule has 1 amide bonds. The number of carbonyl (C=O) groups excluding carboxylic acids is 1. The van der Waals surface area contributed by atoms with Gasteiger partial charge in [0.15, 0.2) is 0 Å². The minimum Gasteiger partial charge on any atom is -0.480 e. The molecule has 0 aromatic rings. The van der Waals surface area contributed by atoms with Crippen molar-refractivity contribution in [3.05, 3.63) is 0 Å². The molecular weight excluding hydrogens is 234 g/mol. The minimum atomic E-state index is -0.908. The summed E-state index contributed by atoms with van der Waals surface area (Å²) in [6.45, 7) is 3.23. The fourth-order valence-corrected chi connectivity index (χ4v) is 2.18. The van der Waals surface area contributed by atoms with E-state index in [4.69, 9.17) is 9.84 Å². The molecule has 1 heterocycles. The second-order valence-corrected chi connectivity index (χ2v) is 4.70. The van der Waals surface area contributed by atoms with Gasteiger partial charge in [0.2, 0.25) is 5.91 Å². The molecule has 0 aliphatic carbocycles. The van der Waals surface area contributed by atoms with Gasteiger partial charge in [0.05, 0.1) is 0 Å². The van der Waals surface area contributed by atoms with E-state index in [1.165, 1.54) is 4.90 Å². The Balaban J connectivity index is 2.32. The Labute approximate surface area is 108 Å². The van der Waals surface area contributed by atoms with Crippen LogP contribution in [0.4, 0.5) is 0 Å². The number of hydrogen-bond acceptors (Lipinski definition) is 3. The molecule has 0 aromatic heterocycles. The molecule has 1 fully saturated rings. The molecule has 1 N–H and O–H groups in total. The summed E-state index contributed by atoms with van der Waals surface area (Å²) >= 11 is 0.